The summed E-state index contributed by atoms with van der Waals surface area (Å²) in [7, 11) is 0. The monoisotopic (exact) mass is 178 g/mol. The first-order valence-corrected chi connectivity index (χ1v) is 4.35. The summed E-state index contributed by atoms with van der Waals surface area (Å²) in [6.07, 6.45) is 1.77. The van der Waals surface area contributed by atoms with Gasteiger partial charge in [0.15, 0.2) is 0 Å². The van der Waals surface area contributed by atoms with Crippen LogP contribution in [0.1, 0.15) is 13.3 Å². The molecule has 0 amide bonds. The van der Waals surface area contributed by atoms with Crippen molar-refractivity contribution in [1.82, 2.24) is 0 Å². The van der Waals surface area contributed by atoms with Crippen molar-refractivity contribution in [2.24, 2.45) is 0 Å². The predicted octanol–water partition coefficient (Wildman–Crippen LogP) is 0.713. The summed E-state index contributed by atoms with van der Waals surface area (Å²) < 4.78 is 4.53. The summed E-state index contributed by atoms with van der Waals surface area (Å²) in [6.45, 7) is 1.61. The van der Waals surface area contributed by atoms with Gasteiger partial charge in [-0.25, -0.2) is 4.79 Å². The van der Waals surface area contributed by atoms with Crippen LogP contribution in [0.15, 0.2) is 0 Å². The Morgan fingerprint density at radius 3 is 2.45 bits per heavy atom. The molecule has 11 heavy (non-hydrogen) atoms. The first-order valence-electron chi connectivity index (χ1n) is 3.06. The number of carbonyl (C=O) groups excluding carboxylic acids is 1. The van der Waals surface area contributed by atoms with Crippen molar-refractivity contribution in [3.05, 3.63) is 0 Å². The van der Waals surface area contributed by atoms with E-state index in [1.807, 2.05) is 0 Å². The van der Waals surface area contributed by atoms with E-state index in [1.165, 1.54) is 0 Å². The average molecular weight is 178 g/mol. The number of ether oxygens (including phenoxy) is 1. The molecule has 0 fully saturated rings. The zero-order valence-electron chi connectivity index (χ0n) is 6.36. The highest BCUT2D eigenvalue weighted by atomic mass is 32.2. The fraction of sp³-hybridized carbons (Fsp3) is 0.667. The quantitative estimate of drug-likeness (QED) is 0.507. The van der Waals surface area contributed by atoms with E-state index < -0.39 is 17.4 Å². The van der Waals surface area contributed by atoms with Crippen molar-refractivity contribution in [2.75, 3.05) is 6.26 Å². The smallest absolute Gasteiger partial charge is 0.355 e. The summed E-state index contributed by atoms with van der Waals surface area (Å²) in [5.74, 6) is -1.62. The fourth-order valence-electron chi connectivity index (χ4n) is 0.402. The van der Waals surface area contributed by atoms with Gasteiger partial charge in [0.25, 0.3) is 0 Å². The lowest BCUT2D eigenvalue weighted by Gasteiger charge is -2.09. The Bertz CT molecular complexity index is 157. The van der Waals surface area contributed by atoms with Crippen LogP contribution in [-0.2, 0) is 14.3 Å². The van der Waals surface area contributed by atoms with E-state index >= 15 is 0 Å². The summed E-state index contributed by atoms with van der Waals surface area (Å²) in [4.78, 5) is 20.9. The molecule has 0 saturated heterocycles. The van der Waals surface area contributed by atoms with Gasteiger partial charge in [-0.3, -0.25) is 4.79 Å². The van der Waals surface area contributed by atoms with E-state index in [1.54, 1.807) is 13.2 Å². The minimum absolute atomic E-state index is 0.199. The molecule has 0 aliphatic carbocycles. The third-order valence-electron chi connectivity index (χ3n) is 0.943. The standard InChI is InChI=1S/C6H10O4S/c1-3-4(7)10-6(11-2)5(8)9/h6H,3H2,1-2H3,(H,8,9). The Balaban J connectivity index is 3.88. The maximum atomic E-state index is 10.6. The Kier molecular flexibility index (Phi) is 4.69. The van der Waals surface area contributed by atoms with Crippen LogP contribution < -0.4 is 0 Å². The molecule has 0 aromatic rings. The van der Waals surface area contributed by atoms with Crippen molar-refractivity contribution < 1.29 is 19.4 Å². The molecular weight excluding hydrogens is 168 g/mol. The van der Waals surface area contributed by atoms with Gasteiger partial charge in [0.2, 0.25) is 5.44 Å². The second-order valence-corrected chi connectivity index (χ2v) is 2.65. The summed E-state index contributed by atoms with van der Waals surface area (Å²) in [5, 5.41) is 8.42. The van der Waals surface area contributed by atoms with Crippen LogP contribution in [0.3, 0.4) is 0 Å². The SMILES string of the molecule is CCC(=O)OC(SC)C(=O)O. The minimum Gasteiger partial charge on any atom is -0.478 e. The van der Waals surface area contributed by atoms with Crippen LogP contribution in [-0.4, -0.2) is 28.7 Å². The number of rotatable bonds is 4. The Labute approximate surface area is 68.9 Å². The zero-order valence-corrected chi connectivity index (χ0v) is 7.18. The molecule has 0 heterocycles. The number of carboxylic acid groups (broad SMARTS) is 1. The lowest BCUT2D eigenvalue weighted by Crippen LogP contribution is -2.22. The molecule has 0 aromatic heterocycles. The highest BCUT2D eigenvalue weighted by molar-refractivity contribution is 7.99. The van der Waals surface area contributed by atoms with E-state index in [9.17, 15) is 9.59 Å². The van der Waals surface area contributed by atoms with Crippen molar-refractivity contribution in [1.29, 1.82) is 0 Å². The number of aliphatic carboxylic acids is 1. The number of thioether (sulfide) groups is 1. The van der Waals surface area contributed by atoms with Gasteiger partial charge in [-0.05, 0) is 6.26 Å². The van der Waals surface area contributed by atoms with E-state index in [0.29, 0.717) is 0 Å². The zero-order chi connectivity index (χ0) is 8.85. The number of esters is 1. The Hall–Kier alpha value is -0.710. The highest BCUT2D eigenvalue weighted by Crippen LogP contribution is 2.08. The molecule has 1 N–H and O–H groups in total. The Morgan fingerprint density at radius 1 is 1.64 bits per heavy atom. The Morgan fingerprint density at radius 2 is 2.18 bits per heavy atom. The second kappa shape index (κ2) is 5.01. The molecule has 0 rings (SSSR count). The van der Waals surface area contributed by atoms with E-state index in [2.05, 4.69) is 4.74 Å². The van der Waals surface area contributed by atoms with Crippen molar-refractivity contribution in [3.63, 3.8) is 0 Å². The molecular formula is C6H10O4S. The number of carboxylic acids is 1. The van der Waals surface area contributed by atoms with E-state index in [0.717, 1.165) is 11.8 Å². The summed E-state index contributed by atoms with van der Waals surface area (Å²) >= 11 is 0.979. The molecule has 0 aliphatic rings. The third kappa shape index (κ3) is 3.87. The largest absolute Gasteiger partial charge is 0.478 e. The maximum absolute atomic E-state index is 10.6. The lowest BCUT2D eigenvalue weighted by atomic mass is 10.5. The van der Waals surface area contributed by atoms with Gasteiger partial charge in [-0.15, -0.1) is 11.8 Å². The average Bonchev–Trinajstić information content (AvgIpc) is 1.99. The molecule has 5 heteroatoms. The first-order chi connectivity index (χ1) is 5.11. The van der Waals surface area contributed by atoms with Gasteiger partial charge in [0, 0.05) is 6.42 Å². The molecule has 1 unspecified atom stereocenters. The highest BCUT2D eigenvalue weighted by Gasteiger charge is 2.19. The topological polar surface area (TPSA) is 63.6 Å². The fourth-order valence-corrected chi connectivity index (χ4v) is 0.807. The van der Waals surface area contributed by atoms with Gasteiger partial charge in [0.05, 0.1) is 0 Å². The van der Waals surface area contributed by atoms with Crippen LogP contribution in [0.25, 0.3) is 0 Å². The molecule has 0 aliphatic heterocycles. The van der Waals surface area contributed by atoms with Crippen molar-refractivity contribution in [2.45, 2.75) is 18.8 Å². The second-order valence-electron chi connectivity index (χ2n) is 1.75. The number of hydrogen-bond donors (Lipinski definition) is 1. The van der Waals surface area contributed by atoms with Crippen LogP contribution in [0.2, 0.25) is 0 Å². The third-order valence-corrected chi connectivity index (χ3v) is 1.67. The summed E-state index contributed by atoms with van der Waals surface area (Å²) in [6, 6.07) is 0. The van der Waals surface area contributed by atoms with Crippen molar-refractivity contribution >= 4 is 23.7 Å². The molecule has 0 spiro atoms. The minimum atomic E-state index is -1.13. The van der Waals surface area contributed by atoms with E-state index in [-0.39, 0.29) is 6.42 Å². The van der Waals surface area contributed by atoms with Crippen molar-refractivity contribution in [3.8, 4) is 0 Å². The molecule has 1 atom stereocenters. The van der Waals surface area contributed by atoms with Gasteiger partial charge in [-0.1, -0.05) is 6.92 Å². The molecule has 0 saturated carbocycles. The van der Waals surface area contributed by atoms with Gasteiger partial charge in [-0.2, -0.15) is 0 Å². The normalized spacial score (nSPS) is 12.2. The van der Waals surface area contributed by atoms with E-state index in [4.69, 9.17) is 5.11 Å². The van der Waals surface area contributed by atoms with Crippen LogP contribution in [0, 0.1) is 0 Å². The summed E-state index contributed by atoms with van der Waals surface area (Å²) in [5.41, 5.74) is -1.07. The molecule has 0 radical (unpaired) electrons. The van der Waals surface area contributed by atoms with Crippen LogP contribution >= 0.6 is 11.8 Å². The maximum Gasteiger partial charge on any atom is 0.355 e. The number of hydrogen-bond acceptors (Lipinski definition) is 4. The molecule has 0 aromatic carbocycles. The lowest BCUT2D eigenvalue weighted by molar-refractivity contribution is -0.157. The van der Waals surface area contributed by atoms with Crippen LogP contribution in [0.4, 0.5) is 0 Å². The first kappa shape index (κ1) is 10.3. The number of carbonyl (C=O) groups is 2. The van der Waals surface area contributed by atoms with Gasteiger partial charge < -0.3 is 9.84 Å². The molecule has 0 bridgehead atoms. The van der Waals surface area contributed by atoms with Gasteiger partial charge >= 0.3 is 11.9 Å². The molecule has 4 nitrogen and oxygen atoms in total. The van der Waals surface area contributed by atoms with Gasteiger partial charge in [0.1, 0.15) is 0 Å². The predicted molar refractivity (Wildman–Crippen MR) is 41.3 cm³/mol. The van der Waals surface area contributed by atoms with Crippen LogP contribution in [0.5, 0.6) is 0 Å². The molecule has 64 valence electrons.